The summed E-state index contributed by atoms with van der Waals surface area (Å²) in [6.45, 7) is 7.29. The van der Waals surface area contributed by atoms with Gasteiger partial charge < -0.3 is 19.7 Å². The molecule has 14 heteroatoms. The lowest BCUT2D eigenvalue weighted by molar-refractivity contribution is -0.147. The largest absolute Gasteiger partial charge is 0.465 e. The molecule has 3 N–H and O–H groups in total. The van der Waals surface area contributed by atoms with Crippen LogP contribution >= 0.6 is 7.75 Å². The van der Waals surface area contributed by atoms with E-state index in [1.165, 1.54) is 13.1 Å². The Morgan fingerprint density at radius 3 is 2.47 bits per heavy atom. The summed E-state index contributed by atoms with van der Waals surface area (Å²) >= 11 is 0. The molecular formula is C31H44FN4O8P. The first-order chi connectivity index (χ1) is 21.4. The fourth-order valence-corrected chi connectivity index (χ4v) is 6.28. The van der Waals surface area contributed by atoms with Crippen molar-refractivity contribution in [3.05, 3.63) is 58.4 Å². The Balaban J connectivity index is 1.82. The topological polar surface area (TPSA) is 161 Å². The van der Waals surface area contributed by atoms with Crippen molar-refractivity contribution in [1.29, 1.82) is 0 Å². The Hall–Kier alpha value is -3.54. The van der Waals surface area contributed by atoms with Gasteiger partial charge >= 0.3 is 25.4 Å². The number of esters is 2. The molecule has 1 aromatic heterocycles. The van der Waals surface area contributed by atoms with Crippen molar-refractivity contribution in [2.45, 2.75) is 78.7 Å². The van der Waals surface area contributed by atoms with Crippen molar-refractivity contribution in [3.63, 3.8) is 0 Å². The normalized spacial score (nSPS) is 18.8. The van der Waals surface area contributed by atoms with Gasteiger partial charge in [-0.3, -0.25) is 18.7 Å². The highest BCUT2D eigenvalue weighted by atomic mass is 31.2. The molecule has 0 radical (unpaired) electrons. The number of nitrogens with one attached hydrogen (secondary N) is 1. The number of anilines is 1. The maximum Gasteiger partial charge on any atom is 0.459 e. The van der Waals surface area contributed by atoms with Gasteiger partial charge in [0.05, 0.1) is 24.8 Å². The number of para-hydroxylation sites is 1. The van der Waals surface area contributed by atoms with Crippen LogP contribution in [-0.4, -0.2) is 47.4 Å². The molecule has 0 amide bonds. The zero-order valence-corrected chi connectivity index (χ0v) is 27.2. The molecule has 1 saturated carbocycles. The number of nitrogens with zero attached hydrogens (tertiary/aromatic N) is 2. The molecule has 2 unspecified atom stereocenters. The average molecular weight is 651 g/mol. The number of aromatic nitrogens is 2. The first kappa shape index (κ1) is 35.9. The Bertz CT molecular complexity index is 1430. The maximum atomic E-state index is 14.1. The SMILES string of the molecule is CCCC(=O)OCC1(COP(=O)(N[C@@H](C)C(=O)OCC(CCC)CCC)Oc2ccccc2)C/C1=C/n1cc(F)c(N)nc1=O. The Labute approximate surface area is 263 Å². The fourth-order valence-electron chi connectivity index (χ4n) is 4.71. The molecule has 1 aromatic carbocycles. The summed E-state index contributed by atoms with van der Waals surface area (Å²) < 4.78 is 51.8. The third-order valence-corrected chi connectivity index (χ3v) is 8.94. The zero-order valence-electron chi connectivity index (χ0n) is 26.3. The van der Waals surface area contributed by atoms with Gasteiger partial charge in [-0.1, -0.05) is 51.8 Å². The van der Waals surface area contributed by atoms with E-state index in [0.29, 0.717) is 12.0 Å². The highest BCUT2D eigenvalue weighted by molar-refractivity contribution is 7.52. The predicted molar refractivity (Wildman–Crippen MR) is 168 cm³/mol. The summed E-state index contributed by atoms with van der Waals surface area (Å²) in [5.74, 6) is -2.01. The number of rotatable bonds is 19. The number of hydrogen-bond acceptors (Lipinski definition) is 10. The van der Waals surface area contributed by atoms with E-state index >= 15 is 0 Å². The minimum absolute atomic E-state index is 0.156. The van der Waals surface area contributed by atoms with Gasteiger partial charge in [-0.25, -0.2) is 13.8 Å². The second kappa shape index (κ2) is 16.7. The summed E-state index contributed by atoms with van der Waals surface area (Å²) in [6, 6.07) is 7.24. The maximum absolute atomic E-state index is 14.1. The summed E-state index contributed by atoms with van der Waals surface area (Å²) in [5, 5.41) is 2.68. The first-order valence-corrected chi connectivity index (χ1v) is 16.8. The van der Waals surface area contributed by atoms with Crippen LogP contribution in [0.25, 0.3) is 6.20 Å². The smallest absolute Gasteiger partial charge is 0.459 e. The van der Waals surface area contributed by atoms with Crippen molar-refractivity contribution in [2.75, 3.05) is 25.6 Å². The Kier molecular flexibility index (Phi) is 13.3. The molecule has 1 heterocycles. The molecule has 1 fully saturated rings. The molecule has 12 nitrogen and oxygen atoms in total. The van der Waals surface area contributed by atoms with Gasteiger partial charge in [-0.05, 0) is 56.2 Å². The van der Waals surface area contributed by atoms with E-state index in [1.807, 2.05) is 6.92 Å². The van der Waals surface area contributed by atoms with Crippen molar-refractivity contribution in [1.82, 2.24) is 14.6 Å². The second-order valence-corrected chi connectivity index (χ2v) is 13.0. The number of ether oxygens (including phenoxy) is 2. The van der Waals surface area contributed by atoms with E-state index in [4.69, 9.17) is 24.3 Å². The van der Waals surface area contributed by atoms with Crippen LogP contribution in [0.4, 0.5) is 10.2 Å². The molecule has 0 aliphatic heterocycles. The summed E-state index contributed by atoms with van der Waals surface area (Å²) in [7, 11) is -4.25. The van der Waals surface area contributed by atoms with Crippen molar-refractivity contribution in [3.8, 4) is 5.75 Å². The predicted octanol–water partition coefficient (Wildman–Crippen LogP) is 5.48. The number of carbonyl (C=O) groups is 2. The third-order valence-electron chi connectivity index (χ3n) is 7.32. The van der Waals surface area contributed by atoms with Crippen LogP contribution in [0.5, 0.6) is 5.75 Å². The summed E-state index contributed by atoms with van der Waals surface area (Å²) in [4.78, 5) is 40.9. The second-order valence-electron chi connectivity index (χ2n) is 11.3. The number of nitrogens with two attached hydrogens (primary N) is 1. The van der Waals surface area contributed by atoms with Gasteiger partial charge in [0.15, 0.2) is 11.6 Å². The lowest BCUT2D eigenvalue weighted by atomic mass is 9.99. The minimum atomic E-state index is -4.25. The van der Waals surface area contributed by atoms with Crippen molar-refractivity contribution in [2.24, 2.45) is 11.3 Å². The third kappa shape index (κ3) is 10.8. The lowest BCUT2D eigenvalue weighted by Crippen LogP contribution is -2.36. The Morgan fingerprint density at radius 1 is 1.13 bits per heavy atom. The van der Waals surface area contributed by atoms with Crippen molar-refractivity contribution >= 4 is 31.7 Å². The molecular weight excluding hydrogens is 606 g/mol. The number of benzene rings is 1. The van der Waals surface area contributed by atoms with E-state index in [1.54, 1.807) is 30.3 Å². The molecule has 248 valence electrons. The molecule has 0 bridgehead atoms. The molecule has 3 atom stereocenters. The van der Waals surface area contributed by atoms with Crippen LogP contribution in [0.2, 0.25) is 0 Å². The standard InChI is InChI=1S/C31H44FN4O8P/c1-5-11-23(12-6-2)19-41-29(38)22(4)35-45(40,44-25-14-9-8-10-15-25)43-21-31(20-42-27(37)13-7-3)16-24(31)17-36-18-26(32)28(33)34-30(36)39/h8-10,14-15,17-18,22-23H,5-7,11-13,16,19-21H2,1-4H3,(H,35,40)(H2,33,34,39)/b24-17-/t22-,31?,45?/m0/s1. The monoisotopic (exact) mass is 650 g/mol. The fraction of sp³-hybridized carbons (Fsp3) is 0.548. The van der Waals surface area contributed by atoms with Gasteiger partial charge in [0, 0.05) is 12.6 Å². The van der Waals surface area contributed by atoms with Gasteiger partial charge in [0.25, 0.3) is 0 Å². The van der Waals surface area contributed by atoms with Crippen molar-refractivity contribution < 1.29 is 37.1 Å². The van der Waals surface area contributed by atoms with Gasteiger partial charge in [0.2, 0.25) is 0 Å². The lowest BCUT2D eigenvalue weighted by Gasteiger charge is -2.25. The average Bonchev–Trinajstić information content (AvgIpc) is 3.69. The van der Waals surface area contributed by atoms with Crippen LogP contribution in [0.3, 0.4) is 0 Å². The highest BCUT2D eigenvalue weighted by Crippen LogP contribution is 2.56. The number of carbonyl (C=O) groups excluding carboxylic acids is 2. The first-order valence-electron chi connectivity index (χ1n) is 15.3. The molecule has 1 aliphatic carbocycles. The number of halogens is 1. The number of nitrogen functional groups attached to an aromatic ring is 1. The van der Waals surface area contributed by atoms with Gasteiger partial charge in [0.1, 0.15) is 18.4 Å². The molecule has 0 saturated heterocycles. The minimum Gasteiger partial charge on any atom is -0.465 e. The van der Waals surface area contributed by atoms with E-state index in [9.17, 15) is 23.3 Å². The van der Waals surface area contributed by atoms with Crippen LogP contribution in [0.1, 0.15) is 72.6 Å². The van der Waals surface area contributed by atoms with Crippen LogP contribution in [0.15, 0.2) is 46.9 Å². The molecule has 3 rings (SSSR count). The van der Waals surface area contributed by atoms with E-state index in [-0.39, 0.29) is 44.3 Å². The van der Waals surface area contributed by atoms with E-state index in [0.717, 1.165) is 36.4 Å². The van der Waals surface area contributed by atoms with Crippen LogP contribution < -0.4 is 21.0 Å². The highest BCUT2D eigenvalue weighted by Gasteiger charge is 2.52. The van der Waals surface area contributed by atoms with Gasteiger partial charge in [-0.2, -0.15) is 10.1 Å². The zero-order chi connectivity index (χ0) is 33.0. The summed E-state index contributed by atoms with van der Waals surface area (Å²) in [5.41, 5.74) is 4.14. The molecule has 45 heavy (non-hydrogen) atoms. The van der Waals surface area contributed by atoms with Crippen LogP contribution in [-0.2, 0) is 28.2 Å². The van der Waals surface area contributed by atoms with Gasteiger partial charge in [-0.15, -0.1) is 0 Å². The van der Waals surface area contributed by atoms with E-state index < -0.39 is 48.5 Å². The summed E-state index contributed by atoms with van der Waals surface area (Å²) in [6.07, 6.45) is 7.07. The van der Waals surface area contributed by atoms with E-state index in [2.05, 4.69) is 23.9 Å². The van der Waals surface area contributed by atoms with Crippen LogP contribution in [0, 0.1) is 17.2 Å². The molecule has 1 aliphatic rings. The Morgan fingerprint density at radius 2 is 1.82 bits per heavy atom. The number of hydrogen-bond donors (Lipinski definition) is 2. The quantitative estimate of drug-likeness (QED) is 0.146. The molecule has 0 spiro atoms. The molecule has 2 aromatic rings.